The topological polar surface area (TPSA) is 34.5 Å². The van der Waals surface area contributed by atoms with E-state index >= 15 is 0 Å². The number of rotatable bonds is 4. The molecule has 1 fully saturated rings. The molecule has 0 bridgehead atoms. The van der Waals surface area contributed by atoms with Crippen LogP contribution in [0.3, 0.4) is 0 Å². The molecular weight excluding hydrogens is 216 g/mol. The number of aromatic nitrogens is 1. The second-order valence-electron chi connectivity index (χ2n) is 4.64. The molecule has 0 aliphatic carbocycles. The number of hydrogen-bond donors (Lipinski definition) is 0. The Kier molecular flexibility index (Phi) is 3.97. The molecular formula is C13H20N2O2. The minimum Gasteiger partial charge on any atom is -0.381 e. The first-order valence-electron chi connectivity index (χ1n) is 6.10. The van der Waals surface area contributed by atoms with E-state index in [0.29, 0.717) is 12.6 Å². The molecule has 4 heteroatoms. The predicted octanol–water partition coefficient (Wildman–Crippen LogP) is 1.32. The first-order chi connectivity index (χ1) is 8.20. The van der Waals surface area contributed by atoms with E-state index in [1.165, 1.54) is 0 Å². The van der Waals surface area contributed by atoms with Gasteiger partial charge in [-0.05, 0) is 25.0 Å². The molecule has 17 heavy (non-hydrogen) atoms. The van der Waals surface area contributed by atoms with Gasteiger partial charge in [0.25, 0.3) is 0 Å². The third-order valence-corrected chi connectivity index (χ3v) is 3.46. The number of aryl methyl sites for hydroxylation is 1. The zero-order valence-electron chi connectivity index (χ0n) is 10.6. The average molecular weight is 236 g/mol. The van der Waals surface area contributed by atoms with Crippen molar-refractivity contribution in [2.45, 2.75) is 18.9 Å². The molecule has 1 aliphatic rings. The highest BCUT2D eigenvalue weighted by atomic mass is 16.5. The quantitative estimate of drug-likeness (QED) is 0.739. The smallest absolute Gasteiger partial charge is 0.193 e. The molecule has 0 unspecified atom stereocenters. The summed E-state index contributed by atoms with van der Waals surface area (Å²) in [7, 11) is 3.67. The molecule has 1 aromatic heterocycles. The van der Waals surface area contributed by atoms with Crippen molar-refractivity contribution in [2.24, 2.45) is 7.05 Å². The van der Waals surface area contributed by atoms with Crippen LogP contribution in [-0.4, -0.2) is 48.1 Å². The molecule has 0 aromatic carbocycles. The molecule has 0 atom stereocenters. The number of likely N-dealkylation sites (tertiary alicyclic amines) is 1. The third kappa shape index (κ3) is 2.96. The van der Waals surface area contributed by atoms with Crippen molar-refractivity contribution in [1.29, 1.82) is 0 Å². The number of methoxy groups -OCH3 is 1. The van der Waals surface area contributed by atoms with Crippen molar-refractivity contribution < 1.29 is 9.53 Å². The highest BCUT2D eigenvalue weighted by Crippen LogP contribution is 2.13. The Morgan fingerprint density at radius 1 is 1.47 bits per heavy atom. The van der Waals surface area contributed by atoms with Gasteiger partial charge in [-0.3, -0.25) is 9.69 Å². The van der Waals surface area contributed by atoms with Gasteiger partial charge >= 0.3 is 0 Å². The molecule has 2 rings (SSSR count). The average Bonchev–Trinajstić information content (AvgIpc) is 2.76. The zero-order chi connectivity index (χ0) is 12.3. The van der Waals surface area contributed by atoms with E-state index in [1.807, 2.05) is 29.9 Å². The van der Waals surface area contributed by atoms with Gasteiger partial charge in [-0.2, -0.15) is 0 Å². The summed E-state index contributed by atoms with van der Waals surface area (Å²) in [6.45, 7) is 2.43. The van der Waals surface area contributed by atoms with E-state index in [2.05, 4.69) is 4.90 Å². The van der Waals surface area contributed by atoms with Crippen LogP contribution in [0, 0.1) is 0 Å². The van der Waals surface area contributed by atoms with Crippen molar-refractivity contribution in [3.05, 3.63) is 24.0 Å². The monoisotopic (exact) mass is 236 g/mol. The lowest BCUT2D eigenvalue weighted by atomic mass is 10.1. The lowest BCUT2D eigenvalue weighted by Gasteiger charge is -2.30. The van der Waals surface area contributed by atoms with Crippen LogP contribution in [0.2, 0.25) is 0 Å². The number of nitrogens with zero attached hydrogens (tertiary/aromatic N) is 2. The predicted molar refractivity (Wildman–Crippen MR) is 66.2 cm³/mol. The molecule has 0 amide bonds. The Morgan fingerprint density at radius 2 is 2.18 bits per heavy atom. The first kappa shape index (κ1) is 12.3. The van der Waals surface area contributed by atoms with Crippen LogP contribution >= 0.6 is 0 Å². The van der Waals surface area contributed by atoms with Crippen LogP contribution in [0.4, 0.5) is 0 Å². The van der Waals surface area contributed by atoms with Crippen molar-refractivity contribution >= 4 is 5.78 Å². The van der Waals surface area contributed by atoms with Crippen molar-refractivity contribution in [1.82, 2.24) is 9.47 Å². The fourth-order valence-electron chi connectivity index (χ4n) is 2.34. The van der Waals surface area contributed by atoms with Crippen LogP contribution in [0.25, 0.3) is 0 Å². The van der Waals surface area contributed by atoms with E-state index < -0.39 is 0 Å². The summed E-state index contributed by atoms with van der Waals surface area (Å²) in [5.41, 5.74) is 0.791. The van der Waals surface area contributed by atoms with Crippen LogP contribution in [0.5, 0.6) is 0 Å². The van der Waals surface area contributed by atoms with Crippen molar-refractivity contribution in [2.75, 3.05) is 26.7 Å². The summed E-state index contributed by atoms with van der Waals surface area (Å²) in [5.74, 6) is 0.202. The Labute approximate surface area is 102 Å². The van der Waals surface area contributed by atoms with E-state index in [-0.39, 0.29) is 5.78 Å². The van der Waals surface area contributed by atoms with Gasteiger partial charge in [0.05, 0.1) is 18.3 Å². The van der Waals surface area contributed by atoms with Crippen LogP contribution in [0.15, 0.2) is 18.3 Å². The van der Waals surface area contributed by atoms with Gasteiger partial charge in [0.1, 0.15) is 0 Å². The second kappa shape index (κ2) is 5.47. The number of hydrogen-bond acceptors (Lipinski definition) is 3. The van der Waals surface area contributed by atoms with Gasteiger partial charge < -0.3 is 9.30 Å². The van der Waals surface area contributed by atoms with E-state index in [9.17, 15) is 4.79 Å². The van der Waals surface area contributed by atoms with Crippen LogP contribution in [-0.2, 0) is 11.8 Å². The maximum absolute atomic E-state index is 12.1. The molecule has 0 saturated carbocycles. The van der Waals surface area contributed by atoms with Gasteiger partial charge in [-0.15, -0.1) is 0 Å². The number of ether oxygens (including phenoxy) is 1. The summed E-state index contributed by atoms with van der Waals surface area (Å²) in [5, 5.41) is 0. The summed E-state index contributed by atoms with van der Waals surface area (Å²) < 4.78 is 7.20. The van der Waals surface area contributed by atoms with E-state index in [1.54, 1.807) is 7.11 Å². The van der Waals surface area contributed by atoms with Gasteiger partial charge in [0.15, 0.2) is 5.78 Å². The number of Topliss-reactive ketones (excluding diaryl/α,β-unsaturated/α-hetero) is 1. The van der Waals surface area contributed by atoms with Gasteiger partial charge in [0.2, 0.25) is 0 Å². The minimum atomic E-state index is 0.202. The maximum atomic E-state index is 12.1. The Hall–Kier alpha value is -1.13. The molecule has 2 heterocycles. The van der Waals surface area contributed by atoms with Crippen molar-refractivity contribution in [3.8, 4) is 0 Å². The molecule has 0 spiro atoms. The molecule has 1 aliphatic heterocycles. The van der Waals surface area contributed by atoms with Crippen LogP contribution in [0.1, 0.15) is 23.3 Å². The summed E-state index contributed by atoms with van der Waals surface area (Å²) in [6, 6.07) is 3.79. The van der Waals surface area contributed by atoms with E-state index in [4.69, 9.17) is 4.74 Å². The van der Waals surface area contributed by atoms with Gasteiger partial charge in [-0.25, -0.2) is 0 Å². The lowest BCUT2D eigenvalue weighted by molar-refractivity contribution is 0.0400. The van der Waals surface area contributed by atoms with Gasteiger partial charge in [0, 0.05) is 33.4 Å². The number of piperidine rings is 1. The van der Waals surface area contributed by atoms with Gasteiger partial charge in [-0.1, -0.05) is 0 Å². The Balaban J connectivity index is 1.86. The minimum absolute atomic E-state index is 0.202. The molecule has 0 radical (unpaired) electrons. The highest BCUT2D eigenvalue weighted by Gasteiger charge is 2.21. The first-order valence-corrected chi connectivity index (χ1v) is 6.10. The SMILES string of the molecule is COC1CCN(CC(=O)c2cccn2C)CC1. The molecule has 0 N–H and O–H groups in total. The normalized spacial score (nSPS) is 18.5. The summed E-state index contributed by atoms with van der Waals surface area (Å²) in [4.78, 5) is 14.3. The molecule has 4 nitrogen and oxygen atoms in total. The van der Waals surface area contributed by atoms with Crippen LogP contribution < -0.4 is 0 Å². The maximum Gasteiger partial charge on any atom is 0.193 e. The van der Waals surface area contributed by atoms with E-state index in [0.717, 1.165) is 31.6 Å². The molecule has 94 valence electrons. The van der Waals surface area contributed by atoms with Crippen molar-refractivity contribution in [3.63, 3.8) is 0 Å². The Morgan fingerprint density at radius 3 is 2.71 bits per heavy atom. The Bertz CT molecular complexity index is 379. The summed E-state index contributed by atoms with van der Waals surface area (Å²) in [6.07, 6.45) is 4.33. The number of ketones is 1. The number of carbonyl (C=O) groups is 1. The fourth-order valence-corrected chi connectivity index (χ4v) is 2.34. The fraction of sp³-hybridized carbons (Fsp3) is 0.615. The standard InChI is InChI=1S/C13H20N2O2/c1-14-7-3-4-12(14)13(16)10-15-8-5-11(17-2)6-9-15/h3-4,7,11H,5-6,8-10H2,1-2H3. The zero-order valence-corrected chi connectivity index (χ0v) is 10.6. The molecule has 1 saturated heterocycles. The largest absolute Gasteiger partial charge is 0.381 e. The lowest BCUT2D eigenvalue weighted by Crippen LogP contribution is -2.39. The highest BCUT2D eigenvalue weighted by molar-refractivity contribution is 5.96. The second-order valence-corrected chi connectivity index (χ2v) is 4.64. The summed E-state index contributed by atoms with van der Waals surface area (Å²) >= 11 is 0. The number of carbonyl (C=O) groups excluding carboxylic acids is 1. The molecule has 1 aromatic rings. The third-order valence-electron chi connectivity index (χ3n) is 3.46.